The van der Waals surface area contributed by atoms with Crippen molar-refractivity contribution in [3.8, 4) is 28.1 Å². The van der Waals surface area contributed by atoms with Crippen molar-refractivity contribution in [3.05, 3.63) is 75.0 Å². The molecule has 1 N–H and O–H groups in total. The molecule has 3 aromatic carbocycles. The number of para-hydroxylation sites is 1. The molecule has 4 nitrogen and oxygen atoms in total. The van der Waals surface area contributed by atoms with Gasteiger partial charge in [0.25, 0.3) is 5.43 Å². The number of ether oxygens (including phenoxy) is 1. The van der Waals surface area contributed by atoms with Gasteiger partial charge in [0.15, 0.2) is 5.75 Å². The summed E-state index contributed by atoms with van der Waals surface area (Å²) in [6, 6.07) is 17.7. The molecule has 24 heavy (non-hydrogen) atoms. The number of fused-ring (bicyclic) bond motifs is 1. The Hall–Kier alpha value is -3.14. The highest BCUT2D eigenvalue weighted by molar-refractivity contribution is 6.04. The average molecular weight is 317 g/mol. The maximum absolute atomic E-state index is 12.2. The zero-order valence-corrected chi connectivity index (χ0v) is 13.1. The van der Waals surface area contributed by atoms with Crippen LogP contribution < -0.4 is 15.6 Å². The van der Waals surface area contributed by atoms with Gasteiger partial charge in [-0.3, -0.25) is 9.59 Å². The van der Waals surface area contributed by atoms with Crippen LogP contribution in [0.1, 0.15) is 6.92 Å². The SMILES string of the molecule is CCOc1c(-c2[nH]c3ccccc3c2-c2ccccc2)c(=O)c1=O. The quantitative estimate of drug-likeness (QED) is 0.586. The Kier molecular flexibility index (Phi) is 3.31. The number of aromatic amines is 1. The summed E-state index contributed by atoms with van der Waals surface area (Å²) in [5.41, 5.74) is 2.76. The maximum Gasteiger partial charge on any atom is 0.269 e. The number of aromatic nitrogens is 1. The fourth-order valence-corrected chi connectivity index (χ4v) is 3.11. The molecule has 0 atom stereocenters. The lowest BCUT2D eigenvalue weighted by atomic mass is 9.96. The van der Waals surface area contributed by atoms with E-state index in [1.807, 2.05) is 54.6 Å². The maximum atomic E-state index is 12.2. The number of H-pyrrole nitrogens is 1. The molecule has 0 aliphatic carbocycles. The molecule has 0 amide bonds. The Morgan fingerprint density at radius 1 is 0.875 bits per heavy atom. The first-order valence-corrected chi connectivity index (χ1v) is 7.85. The molecule has 4 heteroatoms. The second-order valence-corrected chi connectivity index (χ2v) is 5.58. The van der Waals surface area contributed by atoms with Crippen LogP contribution in [0.2, 0.25) is 0 Å². The van der Waals surface area contributed by atoms with Crippen molar-refractivity contribution in [2.24, 2.45) is 0 Å². The molecule has 0 fully saturated rings. The summed E-state index contributed by atoms with van der Waals surface area (Å²) in [7, 11) is 0. The monoisotopic (exact) mass is 317 g/mol. The van der Waals surface area contributed by atoms with Crippen molar-refractivity contribution >= 4 is 10.9 Å². The third-order valence-corrected chi connectivity index (χ3v) is 4.17. The van der Waals surface area contributed by atoms with Crippen molar-refractivity contribution in [1.82, 2.24) is 4.98 Å². The molecule has 0 saturated carbocycles. The Balaban J connectivity index is 2.06. The van der Waals surface area contributed by atoms with Crippen molar-refractivity contribution in [1.29, 1.82) is 0 Å². The Bertz CT molecular complexity index is 1100. The van der Waals surface area contributed by atoms with Gasteiger partial charge in [-0.05, 0) is 18.6 Å². The normalized spacial score (nSPS) is 11.2. The molecular formula is C20H15NO3. The molecule has 118 valence electrons. The zero-order chi connectivity index (χ0) is 16.7. The Morgan fingerprint density at radius 3 is 2.33 bits per heavy atom. The molecule has 0 bridgehead atoms. The van der Waals surface area contributed by atoms with Crippen LogP contribution in [0.5, 0.6) is 5.75 Å². The van der Waals surface area contributed by atoms with Gasteiger partial charge in [-0.25, -0.2) is 0 Å². The van der Waals surface area contributed by atoms with Crippen LogP contribution in [0.3, 0.4) is 0 Å². The summed E-state index contributed by atoms with van der Waals surface area (Å²) >= 11 is 0. The third kappa shape index (κ3) is 2.00. The van der Waals surface area contributed by atoms with Crippen LogP contribution >= 0.6 is 0 Å². The van der Waals surface area contributed by atoms with Gasteiger partial charge in [-0.2, -0.15) is 0 Å². The van der Waals surface area contributed by atoms with Gasteiger partial charge >= 0.3 is 0 Å². The van der Waals surface area contributed by atoms with E-state index in [0.29, 0.717) is 17.9 Å². The second kappa shape index (κ2) is 5.49. The van der Waals surface area contributed by atoms with Gasteiger partial charge in [-0.1, -0.05) is 48.5 Å². The molecule has 0 aliphatic heterocycles. The van der Waals surface area contributed by atoms with Gasteiger partial charge in [0, 0.05) is 16.5 Å². The summed E-state index contributed by atoms with van der Waals surface area (Å²) in [5, 5.41) is 1.01. The van der Waals surface area contributed by atoms with Crippen LogP contribution in [-0.4, -0.2) is 11.6 Å². The van der Waals surface area contributed by atoms with E-state index in [4.69, 9.17) is 4.74 Å². The average Bonchev–Trinajstić information content (AvgIpc) is 3.00. The molecule has 4 aromatic rings. The fraction of sp³-hybridized carbons (Fsp3) is 0.100. The zero-order valence-electron chi connectivity index (χ0n) is 13.1. The van der Waals surface area contributed by atoms with E-state index >= 15 is 0 Å². The molecule has 1 aromatic heterocycles. The summed E-state index contributed by atoms with van der Waals surface area (Å²) in [6.07, 6.45) is 0. The van der Waals surface area contributed by atoms with Crippen molar-refractivity contribution in [3.63, 3.8) is 0 Å². The topological polar surface area (TPSA) is 59.2 Å². The van der Waals surface area contributed by atoms with E-state index in [2.05, 4.69) is 4.98 Å². The van der Waals surface area contributed by atoms with Crippen molar-refractivity contribution in [2.75, 3.05) is 6.61 Å². The van der Waals surface area contributed by atoms with E-state index in [1.165, 1.54) is 0 Å². The van der Waals surface area contributed by atoms with Gasteiger partial charge in [0.2, 0.25) is 5.43 Å². The van der Waals surface area contributed by atoms with Crippen LogP contribution in [0.25, 0.3) is 33.3 Å². The summed E-state index contributed by atoms with van der Waals surface area (Å²) < 4.78 is 5.40. The molecule has 0 aliphatic rings. The van der Waals surface area contributed by atoms with Crippen LogP contribution in [0.15, 0.2) is 64.2 Å². The number of hydrogen-bond donors (Lipinski definition) is 1. The lowest BCUT2D eigenvalue weighted by Gasteiger charge is -2.12. The van der Waals surface area contributed by atoms with E-state index in [0.717, 1.165) is 22.0 Å². The largest absolute Gasteiger partial charge is 0.489 e. The number of nitrogens with one attached hydrogen (secondary N) is 1. The molecule has 0 radical (unpaired) electrons. The number of benzene rings is 2. The molecule has 0 spiro atoms. The number of hydrogen-bond acceptors (Lipinski definition) is 3. The second-order valence-electron chi connectivity index (χ2n) is 5.58. The minimum Gasteiger partial charge on any atom is -0.489 e. The molecule has 4 rings (SSSR count). The highest BCUT2D eigenvalue weighted by Crippen LogP contribution is 2.39. The van der Waals surface area contributed by atoms with Crippen LogP contribution in [0.4, 0.5) is 0 Å². The predicted octanol–water partition coefficient (Wildman–Crippen LogP) is 3.50. The van der Waals surface area contributed by atoms with Crippen LogP contribution in [0, 0.1) is 0 Å². The highest BCUT2D eigenvalue weighted by atomic mass is 16.5. The van der Waals surface area contributed by atoms with Crippen molar-refractivity contribution in [2.45, 2.75) is 6.92 Å². The lowest BCUT2D eigenvalue weighted by molar-refractivity contribution is 0.334. The summed E-state index contributed by atoms with van der Waals surface area (Å²) in [5.74, 6) is 0.159. The molecule has 0 saturated heterocycles. The Labute approximate surface area is 138 Å². The van der Waals surface area contributed by atoms with E-state index in [-0.39, 0.29) is 5.75 Å². The Morgan fingerprint density at radius 2 is 1.58 bits per heavy atom. The van der Waals surface area contributed by atoms with E-state index < -0.39 is 10.9 Å². The standard InChI is InChI=1S/C20H15NO3/c1-2-24-20-16(18(22)19(20)23)17-15(12-8-4-3-5-9-12)13-10-6-7-11-14(13)21-17/h3-11,21H,2H2,1H3. The predicted molar refractivity (Wildman–Crippen MR) is 95.3 cm³/mol. The molecule has 1 heterocycles. The third-order valence-electron chi connectivity index (χ3n) is 4.17. The smallest absolute Gasteiger partial charge is 0.269 e. The first kappa shape index (κ1) is 14.5. The van der Waals surface area contributed by atoms with Gasteiger partial charge < -0.3 is 9.72 Å². The highest BCUT2D eigenvalue weighted by Gasteiger charge is 2.28. The van der Waals surface area contributed by atoms with Gasteiger partial charge in [0.1, 0.15) is 0 Å². The summed E-state index contributed by atoms with van der Waals surface area (Å²) in [6.45, 7) is 2.14. The van der Waals surface area contributed by atoms with Gasteiger partial charge in [0.05, 0.1) is 17.9 Å². The first-order chi connectivity index (χ1) is 11.7. The fourth-order valence-electron chi connectivity index (χ4n) is 3.11. The lowest BCUT2D eigenvalue weighted by Crippen LogP contribution is -2.34. The van der Waals surface area contributed by atoms with Crippen molar-refractivity contribution < 1.29 is 4.74 Å². The first-order valence-electron chi connectivity index (χ1n) is 7.85. The molecular weight excluding hydrogens is 302 g/mol. The summed E-state index contributed by atoms with van der Waals surface area (Å²) in [4.78, 5) is 27.3. The minimum absolute atomic E-state index is 0.159. The van der Waals surface area contributed by atoms with E-state index in [9.17, 15) is 9.59 Å². The molecule has 0 unspecified atom stereocenters. The minimum atomic E-state index is -0.551. The number of rotatable bonds is 4. The van der Waals surface area contributed by atoms with E-state index in [1.54, 1.807) is 6.92 Å². The van der Waals surface area contributed by atoms with Gasteiger partial charge in [-0.15, -0.1) is 0 Å². The van der Waals surface area contributed by atoms with Crippen LogP contribution in [-0.2, 0) is 0 Å².